The Morgan fingerprint density at radius 2 is 1.05 bits per heavy atom. The van der Waals surface area contributed by atoms with Gasteiger partial charge in [-0.2, -0.15) is 9.97 Å². The van der Waals surface area contributed by atoms with Gasteiger partial charge in [-0.1, -0.05) is 146 Å². The van der Waals surface area contributed by atoms with E-state index in [0.29, 0.717) is 29.0 Å². The number of nitrogens with zero attached hydrogens (tertiary/aromatic N) is 6. The minimum atomic E-state index is 0.550. The van der Waals surface area contributed by atoms with Gasteiger partial charge in [0.1, 0.15) is 16.8 Å². The summed E-state index contributed by atoms with van der Waals surface area (Å²) in [5.41, 5.74) is 11.1. The molecule has 0 aliphatic heterocycles. The highest BCUT2D eigenvalue weighted by Gasteiger charge is 2.23. The lowest BCUT2D eigenvalue weighted by Crippen LogP contribution is -2.06. The van der Waals surface area contributed by atoms with Crippen LogP contribution in [0.5, 0.6) is 0 Å². The van der Waals surface area contributed by atoms with Crippen LogP contribution in [-0.4, -0.2) is 29.5 Å². The fraction of sp³-hybridized carbons (Fsp3) is 0. The van der Waals surface area contributed by atoms with E-state index in [1.165, 1.54) is 0 Å². The third kappa shape index (κ3) is 5.69. The van der Waals surface area contributed by atoms with Crippen molar-refractivity contribution in [1.29, 1.82) is 0 Å². The first-order valence-electron chi connectivity index (χ1n) is 20.8. The summed E-state index contributed by atoms with van der Waals surface area (Å²) >= 11 is 1.75. The Hall–Kier alpha value is -8.33. The van der Waals surface area contributed by atoms with Crippen LogP contribution in [0.15, 0.2) is 199 Å². The Morgan fingerprint density at radius 1 is 0.397 bits per heavy atom. The highest BCUT2D eigenvalue weighted by atomic mass is 32.1. The van der Waals surface area contributed by atoms with Crippen molar-refractivity contribution in [2.24, 2.45) is 0 Å². The van der Waals surface area contributed by atoms with E-state index >= 15 is 0 Å². The molecule has 294 valence electrons. The maximum absolute atomic E-state index is 6.44. The zero-order valence-corrected chi connectivity index (χ0v) is 34.3. The monoisotopic (exact) mass is 824 g/mol. The molecule has 0 spiro atoms. The van der Waals surface area contributed by atoms with Crippen LogP contribution in [-0.2, 0) is 0 Å². The number of para-hydroxylation sites is 2. The van der Waals surface area contributed by atoms with E-state index in [0.717, 1.165) is 97.5 Å². The van der Waals surface area contributed by atoms with Crippen molar-refractivity contribution in [3.8, 4) is 62.5 Å². The summed E-state index contributed by atoms with van der Waals surface area (Å²) in [6, 6.07) is 66.9. The number of furan rings is 1. The summed E-state index contributed by atoms with van der Waals surface area (Å²) < 4.78 is 10.9. The zero-order chi connectivity index (χ0) is 41.4. The Labute approximate surface area is 364 Å². The second-order valence-corrected chi connectivity index (χ2v) is 16.7. The molecule has 8 aromatic carbocycles. The van der Waals surface area contributed by atoms with E-state index in [4.69, 9.17) is 29.3 Å². The number of fused-ring (bicyclic) bond motifs is 9. The molecule has 5 heterocycles. The van der Waals surface area contributed by atoms with Crippen molar-refractivity contribution in [3.63, 3.8) is 0 Å². The summed E-state index contributed by atoms with van der Waals surface area (Å²) in [5.74, 6) is 2.36. The SMILES string of the molecule is c1ccc(-c2nc(-c3ccc4sc5cccc(-c6nc(-c7ccccc7)c7oc8ccccc8c7n6)c5c4c3)nc(-n3c4ccccc4c4c(-c5ccccc5)cccc43)n2)cc1. The van der Waals surface area contributed by atoms with Crippen LogP contribution in [0.4, 0.5) is 0 Å². The van der Waals surface area contributed by atoms with Crippen LogP contribution in [0.3, 0.4) is 0 Å². The first-order chi connectivity index (χ1) is 31.2. The molecule has 0 fully saturated rings. The second kappa shape index (κ2) is 14.1. The van der Waals surface area contributed by atoms with Crippen LogP contribution >= 0.6 is 11.3 Å². The maximum Gasteiger partial charge on any atom is 0.238 e. The molecule has 0 saturated heterocycles. The standard InChI is InChI=1S/C55H32N6OS/c1-4-16-33(17-5-1)37-24-14-27-43-47(37)38-22-10-12-26-42(38)61(43)55-59-52(35-20-8-3-9-21-35)58-53(60-55)36-30-31-45-41(32-36)48-40(25-15-29-46(48)63-45)54-56-49(34-18-6-2-7-19-34)51-50(57-54)39-23-11-13-28-44(39)62-51/h1-32H. The largest absolute Gasteiger partial charge is 0.452 e. The van der Waals surface area contributed by atoms with E-state index in [-0.39, 0.29) is 0 Å². The summed E-state index contributed by atoms with van der Waals surface area (Å²) in [6.45, 7) is 0. The molecular formula is C55H32N6OS. The Balaban J connectivity index is 1.04. The normalized spacial score (nSPS) is 11.8. The number of benzene rings is 8. The minimum absolute atomic E-state index is 0.550. The number of hydrogen-bond acceptors (Lipinski definition) is 7. The fourth-order valence-corrected chi connectivity index (χ4v) is 10.2. The molecule has 13 aromatic rings. The third-order valence-electron chi connectivity index (χ3n) is 11.9. The zero-order valence-electron chi connectivity index (χ0n) is 33.5. The average Bonchev–Trinajstić information content (AvgIpc) is 4.04. The van der Waals surface area contributed by atoms with Crippen molar-refractivity contribution >= 4 is 75.4 Å². The predicted octanol–water partition coefficient (Wildman–Crippen LogP) is 14.4. The van der Waals surface area contributed by atoms with Gasteiger partial charge in [0.15, 0.2) is 23.1 Å². The van der Waals surface area contributed by atoms with Gasteiger partial charge in [0.2, 0.25) is 5.95 Å². The molecule has 0 saturated carbocycles. The number of aromatic nitrogens is 6. The molecule has 0 amide bonds. The van der Waals surface area contributed by atoms with E-state index in [1.807, 2.05) is 66.7 Å². The molecule has 0 N–H and O–H groups in total. The minimum Gasteiger partial charge on any atom is -0.452 e. The van der Waals surface area contributed by atoms with Gasteiger partial charge >= 0.3 is 0 Å². The smallest absolute Gasteiger partial charge is 0.238 e. The van der Waals surface area contributed by atoms with Crippen molar-refractivity contribution in [3.05, 3.63) is 194 Å². The Kier molecular flexibility index (Phi) is 7.94. The number of thiophene rings is 1. The van der Waals surface area contributed by atoms with Crippen LogP contribution in [0.25, 0.3) is 127 Å². The van der Waals surface area contributed by atoms with Crippen molar-refractivity contribution in [2.75, 3.05) is 0 Å². The van der Waals surface area contributed by atoms with E-state index in [2.05, 4.69) is 132 Å². The molecule has 0 atom stereocenters. The second-order valence-electron chi connectivity index (χ2n) is 15.6. The molecular weight excluding hydrogens is 793 g/mol. The van der Waals surface area contributed by atoms with Crippen molar-refractivity contribution in [2.45, 2.75) is 0 Å². The molecule has 0 aliphatic carbocycles. The van der Waals surface area contributed by atoms with Gasteiger partial charge < -0.3 is 4.42 Å². The quantitative estimate of drug-likeness (QED) is 0.166. The van der Waals surface area contributed by atoms with Gasteiger partial charge in [0.25, 0.3) is 0 Å². The summed E-state index contributed by atoms with van der Waals surface area (Å²) in [6.07, 6.45) is 0. The topological polar surface area (TPSA) is 82.5 Å². The van der Waals surface area contributed by atoms with Crippen molar-refractivity contribution in [1.82, 2.24) is 29.5 Å². The highest BCUT2D eigenvalue weighted by Crippen LogP contribution is 2.43. The highest BCUT2D eigenvalue weighted by molar-refractivity contribution is 7.26. The molecule has 13 rings (SSSR count). The summed E-state index contributed by atoms with van der Waals surface area (Å²) in [4.78, 5) is 26.3. The van der Waals surface area contributed by atoms with Crippen LogP contribution < -0.4 is 0 Å². The van der Waals surface area contributed by atoms with Crippen LogP contribution in [0.2, 0.25) is 0 Å². The first kappa shape index (κ1) is 35.4. The molecule has 5 aromatic heterocycles. The molecule has 63 heavy (non-hydrogen) atoms. The van der Waals surface area contributed by atoms with Gasteiger partial charge in [-0.3, -0.25) is 4.57 Å². The van der Waals surface area contributed by atoms with E-state index in [1.54, 1.807) is 11.3 Å². The lowest BCUT2D eigenvalue weighted by Gasteiger charge is -2.11. The molecule has 8 heteroatoms. The number of hydrogen-bond donors (Lipinski definition) is 0. The summed E-state index contributed by atoms with van der Waals surface area (Å²) in [5, 5.41) is 5.41. The summed E-state index contributed by atoms with van der Waals surface area (Å²) in [7, 11) is 0. The predicted molar refractivity (Wildman–Crippen MR) is 257 cm³/mol. The molecule has 7 nitrogen and oxygen atoms in total. The fourth-order valence-electron chi connectivity index (χ4n) is 9.06. The molecule has 0 radical (unpaired) electrons. The van der Waals surface area contributed by atoms with Gasteiger partial charge in [-0.25, -0.2) is 15.0 Å². The molecule has 0 unspecified atom stereocenters. The van der Waals surface area contributed by atoms with Crippen LogP contribution in [0.1, 0.15) is 0 Å². The molecule has 0 bridgehead atoms. The van der Waals surface area contributed by atoms with E-state index < -0.39 is 0 Å². The maximum atomic E-state index is 6.44. The lowest BCUT2D eigenvalue weighted by atomic mass is 9.99. The third-order valence-corrected chi connectivity index (χ3v) is 13.0. The Bertz CT molecular complexity index is 3910. The first-order valence-corrected chi connectivity index (χ1v) is 21.7. The van der Waals surface area contributed by atoms with Crippen molar-refractivity contribution < 1.29 is 4.42 Å². The van der Waals surface area contributed by atoms with Gasteiger partial charge in [0, 0.05) is 58.6 Å². The molecule has 0 aliphatic rings. The average molecular weight is 825 g/mol. The van der Waals surface area contributed by atoms with Crippen LogP contribution in [0, 0.1) is 0 Å². The van der Waals surface area contributed by atoms with Gasteiger partial charge in [-0.15, -0.1) is 11.3 Å². The van der Waals surface area contributed by atoms with Gasteiger partial charge in [0.05, 0.1) is 11.0 Å². The van der Waals surface area contributed by atoms with E-state index in [9.17, 15) is 0 Å². The van der Waals surface area contributed by atoms with Gasteiger partial charge in [-0.05, 0) is 59.7 Å². The lowest BCUT2D eigenvalue weighted by molar-refractivity contribution is 0.667. The Morgan fingerprint density at radius 3 is 1.86 bits per heavy atom. The number of rotatable bonds is 6.